The molecule has 0 bridgehead atoms. The molecule has 0 spiro atoms. The standard InChI is InChI=1S/C22H40N2O16/c1-7(29)23-9(3-25)19(14(32)10(31)4-26)39-22-18(36)17(35)20(12(6-28)38-22)40-21-13(24-8(2)30)16(34)15(33)11(5-27)37-21/h9-22,25-28,31-36H,3-6H2,1-2H3,(H,23,29)(H,24,30)/t9-,10+,11+,12+,13+,14-,15-,16+,17+,18+,19+,20-,21+,22-/m0/s1. The van der Waals surface area contributed by atoms with Crippen LogP contribution in [0.25, 0.3) is 0 Å². The summed E-state index contributed by atoms with van der Waals surface area (Å²) < 4.78 is 22.2. The molecule has 40 heavy (non-hydrogen) atoms. The van der Waals surface area contributed by atoms with Gasteiger partial charge >= 0.3 is 0 Å². The number of amides is 2. The Balaban J connectivity index is 2.30. The molecule has 14 atom stereocenters. The predicted molar refractivity (Wildman–Crippen MR) is 127 cm³/mol. The monoisotopic (exact) mass is 588 g/mol. The van der Waals surface area contributed by atoms with Crippen LogP contribution < -0.4 is 10.6 Å². The van der Waals surface area contributed by atoms with Crippen LogP contribution in [0.4, 0.5) is 0 Å². The Labute approximate surface area is 228 Å². The largest absolute Gasteiger partial charge is 0.394 e. The zero-order chi connectivity index (χ0) is 30.3. The molecule has 0 aromatic carbocycles. The summed E-state index contributed by atoms with van der Waals surface area (Å²) in [7, 11) is 0. The van der Waals surface area contributed by atoms with Crippen LogP contribution in [0.15, 0.2) is 0 Å². The molecule has 2 aliphatic rings. The van der Waals surface area contributed by atoms with Crippen LogP contribution in [0.1, 0.15) is 13.8 Å². The van der Waals surface area contributed by atoms with Gasteiger partial charge in [0.25, 0.3) is 0 Å². The Morgan fingerprint density at radius 2 is 1.40 bits per heavy atom. The zero-order valence-electron chi connectivity index (χ0n) is 21.8. The zero-order valence-corrected chi connectivity index (χ0v) is 21.8. The highest BCUT2D eigenvalue weighted by atomic mass is 16.7. The maximum absolute atomic E-state index is 11.7. The summed E-state index contributed by atoms with van der Waals surface area (Å²) in [6, 6.07) is -2.81. The molecule has 2 amide bonds. The molecule has 0 unspecified atom stereocenters. The Morgan fingerprint density at radius 3 is 1.90 bits per heavy atom. The lowest BCUT2D eigenvalue weighted by Gasteiger charge is -2.47. The third-order valence-corrected chi connectivity index (χ3v) is 6.55. The summed E-state index contributed by atoms with van der Waals surface area (Å²) >= 11 is 0. The lowest BCUT2D eigenvalue weighted by atomic mass is 9.95. The van der Waals surface area contributed by atoms with Crippen molar-refractivity contribution in [2.75, 3.05) is 26.4 Å². The summed E-state index contributed by atoms with van der Waals surface area (Å²) in [6.45, 7) is -1.22. The average Bonchev–Trinajstić information content (AvgIpc) is 2.92. The molecule has 0 aliphatic carbocycles. The van der Waals surface area contributed by atoms with E-state index in [-0.39, 0.29) is 0 Å². The van der Waals surface area contributed by atoms with Crippen molar-refractivity contribution in [1.29, 1.82) is 0 Å². The van der Waals surface area contributed by atoms with Crippen molar-refractivity contribution in [2.45, 2.75) is 99.6 Å². The summed E-state index contributed by atoms with van der Waals surface area (Å²) in [5.41, 5.74) is 0. The number of hydrogen-bond acceptors (Lipinski definition) is 16. The van der Waals surface area contributed by atoms with Gasteiger partial charge in [0.05, 0.1) is 32.5 Å². The number of ether oxygens (including phenoxy) is 4. The Bertz CT molecular complexity index is 807. The molecule has 0 saturated carbocycles. The molecule has 2 saturated heterocycles. The minimum absolute atomic E-state index is 0.657. The fourth-order valence-electron chi connectivity index (χ4n) is 4.46. The van der Waals surface area contributed by atoms with Gasteiger partial charge in [0, 0.05) is 13.8 Å². The number of aliphatic hydroxyl groups is 10. The Morgan fingerprint density at radius 1 is 0.800 bits per heavy atom. The van der Waals surface area contributed by atoms with Crippen molar-refractivity contribution in [3.8, 4) is 0 Å². The molecule has 18 nitrogen and oxygen atoms in total. The van der Waals surface area contributed by atoms with Crippen LogP contribution in [0.5, 0.6) is 0 Å². The van der Waals surface area contributed by atoms with E-state index in [0.717, 1.165) is 13.8 Å². The van der Waals surface area contributed by atoms with E-state index in [1.54, 1.807) is 0 Å². The number of carbonyl (C=O) groups is 2. The van der Waals surface area contributed by atoms with Crippen LogP contribution in [0.2, 0.25) is 0 Å². The van der Waals surface area contributed by atoms with Crippen molar-refractivity contribution in [1.82, 2.24) is 10.6 Å². The fraction of sp³-hybridized carbons (Fsp3) is 0.909. The third kappa shape index (κ3) is 8.23. The van der Waals surface area contributed by atoms with Crippen LogP contribution in [-0.4, -0.2) is 175 Å². The van der Waals surface area contributed by atoms with E-state index in [0.29, 0.717) is 0 Å². The highest BCUT2D eigenvalue weighted by Crippen LogP contribution is 2.30. The quantitative estimate of drug-likeness (QED) is 0.0950. The van der Waals surface area contributed by atoms with Gasteiger partial charge in [0.15, 0.2) is 12.6 Å². The molecule has 2 aliphatic heterocycles. The van der Waals surface area contributed by atoms with Crippen molar-refractivity contribution in [3.63, 3.8) is 0 Å². The highest BCUT2D eigenvalue weighted by Gasteiger charge is 2.52. The van der Waals surface area contributed by atoms with Crippen LogP contribution >= 0.6 is 0 Å². The van der Waals surface area contributed by atoms with E-state index in [2.05, 4.69) is 10.6 Å². The first-order chi connectivity index (χ1) is 18.8. The first-order valence-electron chi connectivity index (χ1n) is 12.5. The maximum Gasteiger partial charge on any atom is 0.217 e. The van der Waals surface area contributed by atoms with E-state index in [9.17, 15) is 60.7 Å². The summed E-state index contributed by atoms with van der Waals surface area (Å²) in [5.74, 6) is -1.32. The summed E-state index contributed by atoms with van der Waals surface area (Å²) in [5, 5.41) is 106. The van der Waals surface area contributed by atoms with Crippen molar-refractivity contribution in [2.24, 2.45) is 0 Å². The molecule has 2 rings (SSSR count). The molecule has 2 fully saturated rings. The third-order valence-electron chi connectivity index (χ3n) is 6.55. The molecule has 0 aromatic rings. The second kappa shape index (κ2) is 15.6. The second-order valence-corrected chi connectivity index (χ2v) is 9.57. The maximum atomic E-state index is 11.7. The van der Waals surface area contributed by atoms with E-state index in [4.69, 9.17) is 18.9 Å². The van der Waals surface area contributed by atoms with Gasteiger partial charge in [0.1, 0.15) is 67.1 Å². The van der Waals surface area contributed by atoms with Crippen LogP contribution in [0.3, 0.4) is 0 Å². The van der Waals surface area contributed by atoms with Gasteiger partial charge in [-0.1, -0.05) is 0 Å². The normalized spacial score (nSPS) is 37.7. The number of rotatable bonds is 13. The van der Waals surface area contributed by atoms with Crippen LogP contribution in [0, 0.1) is 0 Å². The van der Waals surface area contributed by atoms with Gasteiger partial charge in [-0.05, 0) is 0 Å². The number of aliphatic hydroxyl groups excluding tert-OH is 10. The van der Waals surface area contributed by atoms with Gasteiger partial charge < -0.3 is 80.6 Å². The van der Waals surface area contributed by atoms with Crippen molar-refractivity contribution < 1.29 is 79.6 Å². The topological polar surface area (TPSA) is 297 Å². The minimum Gasteiger partial charge on any atom is -0.394 e. The Hall–Kier alpha value is -1.62. The first-order valence-corrected chi connectivity index (χ1v) is 12.5. The molecular formula is C22H40N2O16. The number of carbonyl (C=O) groups excluding carboxylic acids is 2. The lowest BCUT2D eigenvalue weighted by molar-refractivity contribution is -0.356. The van der Waals surface area contributed by atoms with Gasteiger partial charge in [-0.2, -0.15) is 0 Å². The summed E-state index contributed by atoms with van der Waals surface area (Å²) in [6.07, 6.45) is -20.7. The minimum atomic E-state index is -2.00. The van der Waals surface area contributed by atoms with Crippen molar-refractivity contribution in [3.05, 3.63) is 0 Å². The van der Waals surface area contributed by atoms with Crippen molar-refractivity contribution >= 4 is 11.8 Å². The average molecular weight is 589 g/mol. The lowest BCUT2D eigenvalue weighted by Crippen LogP contribution is -2.68. The van der Waals surface area contributed by atoms with E-state index in [1.165, 1.54) is 0 Å². The smallest absolute Gasteiger partial charge is 0.217 e. The van der Waals surface area contributed by atoms with E-state index < -0.39 is 124 Å². The molecule has 0 aromatic heterocycles. The molecule has 2 heterocycles. The fourth-order valence-corrected chi connectivity index (χ4v) is 4.46. The number of nitrogens with one attached hydrogen (secondary N) is 2. The van der Waals surface area contributed by atoms with Gasteiger partial charge in [-0.3, -0.25) is 9.59 Å². The SMILES string of the molecule is CC(=O)N[C@H]1[C@@H](O[C@@H]2[C@H](O)[C@@H](O)[C@H](O[C@@H]([C@@H](O)[C@H](O)CO)[C@H](CO)NC(C)=O)O[C@@H]2CO)O[C@H](CO)[C@H](O)[C@@H]1O. The Kier molecular flexibility index (Phi) is 13.5. The highest BCUT2D eigenvalue weighted by molar-refractivity contribution is 5.73. The van der Waals surface area contributed by atoms with Crippen LogP contribution in [-0.2, 0) is 28.5 Å². The summed E-state index contributed by atoms with van der Waals surface area (Å²) in [4.78, 5) is 23.2. The molecule has 18 heteroatoms. The molecule has 234 valence electrons. The van der Waals surface area contributed by atoms with E-state index >= 15 is 0 Å². The van der Waals surface area contributed by atoms with E-state index in [1.807, 2.05) is 0 Å². The van der Waals surface area contributed by atoms with Gasteiger partial charge in [-0.15, -0.1) is 0 Å². The second-order valence-electron chi connectivity index (χ2n) is 9.57. The number of hydrogen-bond donors (Lipinski definition) is 12. The molecule has 12 N–H and O–H groups in total. The predicted octanol–water partition coefficient (Wildman–Crippen LogP) is -7.65. The van der Waals surface area contributed by atoms with Gasteiger partial charge in [-0.25, -0.2) is 0 Å². The van der Waals surface area contributed by atoms with Gasteiger partial charge in [0.2, 0.25) is 11.8 Å². The molecular weight excluding hydrogens is 548 g/mol. The first kappa shape index (κ1) is 34.6. The molecule has 0 radical (unpaired) electrons.